The number of rotatable bonds is 1. The van der Waals surface area contributed by atoms with Gasteiger partial charge in [0.1, 0.15) is 0 Å². The van der Waals surface area contributed by atoms with Gasteiger partial charge >= 0.3 is 0 Å². The highest BCUT2D eigenvalue weighted by molar-refractivity contribution is 7.78. The lowest BCUT2D eigenvalue weighted by molar-refractivity contribution is 1.15. The maximum absolute atomic E-state index is 4.48. The minimum Gasteiger partial charge on any atom is -0.233 e. The summed E-state index contributed by atoms with van der Waals surface area (Å²) in [7, 11) is 0. The SMILES string of the molecule is Cc1ccc(C)c(N=C=S)n1. The van der Waals surface area contributed by atoms with Gasteiger partial charge in [0, 0.05) is 5.69 Å². The quantitative estimate of drug-likeness (QED) is 0.470. The van der Waals surface area contributed by atoms with E-state index >= 15 is 0 Å². The highest BCUT2D eigenvalue weighted by Crippen LogP contribution is 2.13. The van der Waals surface area contributed by atoms with Crippen LogP contribution in [-0.4, -0.2) is 10.1 Å². The van der Waals surface area contributed by atoms with Crippen molar-refractivity contribution in [2.24, 2.45) is 4.99 Å². The number of aliphatic imine (C=N–C) groups is 1. The maximum atomic E-state index is 4.48. The summed E-state index contributed by atoms with van der Waals surface area (Å²) in [6.45, 7) is 3.86. The normalized spacial score (nSPS) is 8.91. The van der Waals surface area contributed by atoms with Crippen molar-refractivity contribution in [3.8, 4) is 0 Å². The van der Waals surface area contributed by atoms with Gasteiger partial charge in [-0.25, -0.2) is 4.98 Å². The second-order valence-electron chi connectivity index (χ2n) is 2.30. The van der Waals surface area contributed by atoms with E-state index < -0.39 is 0 Å². The first-order chi connectivity index (χ1) is 5.24. The fourth-order valence-electron chi connectivity index (χ4n) is 0.769. The van der Waals surface area contributed by atoms with Gasteiger partial charge in [-0.15, -0.1) is 0 Å². The number of hydrogen-bond donors (Lipinski definition) is 0. The summed E-state index contributed by atoms with van der Waals surface area (Å²) in [5.41, 5.74) is 1.97. The summed E-state index contributed by atoms with van der Waals surface area (Å²) >= 11 is 4.48. The molecule has 0 aliphatic carbocycles. The second kappa shape index (κ2) is 3.37. The summed E-state index contributed by atoms with van der Waals surface area (Å²) in [5.74, 6) is 0.667. The molecule has 1 aromatic heterocycles. The Morgan fingerprint density at radius 1 is 1.45 bits per heavy atom. The molecular weight excluding hydrogens is 156 g/mol. The molecule has 11 heavy (non-hydrogen) atoms. The van der Waals surface area contributed by atoms with Crippen LogP contribution in [0.1, 0.15) is 11.3 Å². The van der Waals surface area contributed by atoms with Gasteiger partial charge in [-0.3, -0.25) is 0 Å². The van der Waals surface area contributed by atoms with Gasteiger partial charge in [0.25, 0.3) is 0 Å². The number of isothiocyanates is 1. The van der Waals surface area contributed by atoms with Crippen LogP contribution in [0.3, 0.4) is 0 Å². The third-order valence-corrected chi connectivity index (χ3v) is 1.45. The largest absolute Gasteiger partial charge is 0.233 e. The predicted molar refractivity (Wildman–Crippen MR) is 48.4 cm³/mol. The van der Waals surface area contributed by atoms with Gasteiger partial charge in [-0.05, 0) is 37.7 Å². The summed E-state index contributed by atoms with van der Waals surface area (Å²) in [5, 5.41) is 2.30. The Kier molecular flexibility index (Phi) is 2.47. The van der Waals surface area contributed by atoms with Gasteiger partial charge in [0.2, 0.25) is 0 Å². The number of nitrogens with zero attached hydrogens (tertiary/aromatic N) is 2. The Morgan fingerprint density at radius 2 is 2.18 bits per heavy atom. The van der Waals surface area contributed by atoms with Crippen molar-refractivity contribution in [2.45, 2.75) is 13.8 Å². The van der Waals surface area contributed by atoms with E-state index in [0.717, 1.165) is 11.3 Å². The topological polar surface area (TPSA) is 25.2 Å². The van der Waals surface area contributed by atoms with E-state index in [-0.39, 0.29) is 0 Å². The van der Waals surface area contributed by atoms with Crippen molar-refractivity contribution in [3.63, 3.8) is 0 Å². The Balaban J connectivity index is 3.22. The van der Waals surface area contributed by atoms with E-state index in [9.17, 15) is 0 Å². The van der Waals surface area contributed by atoms with Crippen molar-refractivity contribution < 1.29 is 0 Å². The van der Waals surface area contributed by atoms with Crippen LogP contribution >= 0.6 is 12.2 Å². The van der Waals surface area contributed by atoms with Gasteiger partial charge in [0.15, 0.2) is 5.82 Å². The highest BCUT2D eigenvalue weighted by Gasteiger charge is 1.95. The third-order valence-electron chi connectivity index (χ3n) is 1.36. The number of aromatic nitrogens is 1. The van der Waals surface area contributed by atoms with Gasteiger partial charge in [0.05, 0.1) is 5.16 Å². The van der Waals surface area contributed by atoms with Crippen LogP contribution in [0.4, 0.5) is 5.82 Å². The number of aryl methyl sites for hydroxylation is 2. The van der Waals surface area contributed by atoms with Crippen molar-refractivity contribution in [1.29, 1.82) is 0 Å². The molecular formula is C8H8N2S. The van der Waals surface area contributed by atoms with E-state index in [1.54, 1.807) is 0 Å². The first-order valence-electron chi connectivity index (χ1n) is 3.26. The predicted octanol–water partition coefficient (Wildman–Crippen LogP) is 2.43. The van der Waals surface area contributed by atoms with E-state index in [4.69, 9.17) is 0 Å². The molecule has 0 aromatic carbocycles. The Hall–Kier alpha value is -1.05. The summed E-state index contributed by atoms with van der Waals surface area (Å²) in [6, 6.07) is 3.91. The third kappa shape index (κ3) is 1.93. The monoisotopic (exact) mass is 164 g/mol. The summed E-state index contributed by atoms with van der Waals surface area (Å²) in [6.07, 6.45) is 0. The van der Waals surface area contributed by atoms with Crippen molar-refractivity contribution in [1.82, 2.24) is 4.98 Å². The fourth-order valence-corrected chi connectivity index (χ4v) is 0.856. The first-order valence-corrected chi connectivity index (χ1v) is 3.67. The molecule has 0 saturated carbocycles. The molecule has 0 radical (unpaired) electrons. The molecule has 1 heterocycles. The zero-order valence-electron chi connectivity index (χ0n) is 6.46. The molecule has 0 N–H and O–H groups in total. The molecule has 0 aliphatic heterocycles. The lowest BCUT2D eigenvalue weighted by Gasteiger charge is -1.97. The fraction of sp³-hybridized carbons (Fsp3) is 0.250. The van der Waals surface area contributed by atoms with Crippen LogP contribution in [0.2, 0.25) is 0 Å². The van der Waals surface area contributed by atoms with Gasteiger partial charge in [-0.2, -0.15) is 4.99 Å². The molecule has 0 atom stereocenters. The molecule has 56 valence electrons. The lowest BCUT2D eigenvalue weighted by atomic mass is 10.2. The minimum absolute atomic E-state index is 0.667. The van der Waals surface area contributed by atoms with Crippen LogP contribution < -0.4 is 0 Å². The molecule has 0 bridgehead atoms. The molecule has 2 nitrogen and oxygen atoms in total. The van der Waals surface area contributed by atoms with Crippen LogP contribution in [0.25, 0.3) is 0 Å². The smallest absolute Gasteiger partial charge is 0.165 e. The maximum Gasteiger partial charge on any atom is 0.165 e. The zero-order valence-corrected chi connectivity index (χ0v) is 7.27. The van der Waals surface area contributed by atoms with Crippen molar-refractivity contribution in [2.75, 3.05) is 0 Å². The molecule has 1 aromatic rings. The summed E-state index contributed by atoms with van der Waals surface area (Å²) < 4.78 is 0. The van der Waals surface area contributed by atoms with Crippen LogP contribution in [0.5, 0.6) is 0 Å². The molecule has 0 amide bonds. The number of hydrogen-bond acceptors (Lipinski definition) is 3. The molecule has 1 rings (SSSR count). The van der Waals surface area contributed by atoms with E-state index in [1.165, 1.54) is 0 Å². The van der Waals surface area contributed by atoms with Gasteiger partial charge in [-0.1, -0.05) is 6.07 Å². The Labute approximate surface area is 71.0 Å². The van der Waals surface area contributed by atoms with Crippen LogP contribution in [-0.2, 0) is 0 Å². The number of thiocarbonyl (C=S) groups is 1. The standard InChI is InChI=1S/C8H8N2S/c1-6-3-4-7(2)10-8(6)9-5-11/h3-4H,1-2H3. The molecule has 0 unspecified atom stereocenters. The molecule has 0 spiro atoms. The van der Waals surface area contributed by atoms with Crippen LogP contribution in [0.15, 0.2) is 17.1 Å². The molecule has 0 saturated heterocycles. The number of pyridine rings is 1. The van der Waals surface area contributed by atoms with Crippen molar-refractivity contribution >= 4 is 23.2 Å². The zero-order chi connectivity index (χ0) is 8.27. The first kappa shape index (κ1) is 8.05. The molecule has 0 aliphatic rings. The lowest BCUT2D eigenvalue weighted by Crippen LogP contribution is -1.82. The molecule has 0 fully saturated rings. The minimum atomic E-state index is 0.667. The van der Waals surface area contributed by atoms with Gasteiger partial charge < -0.3 is 0 Å². The Bertz CT molecular complexity index is 314. The molecule has 3 heteroatoms. The Morgan fingerprint density at radius 3 is 2.82 bits per heavy atom. The average molecular weight is 164 g/mol. The van der Waals surface area contributed by atoms with Crippen molar-refractivity contribution in [3.05, 3.63) is 23.4 Å². The van der Waals surface area contributed by atoms with E-state index in [2.05, 4.69) is 27.4 Å². The average Bonchev–Trinajstić information content (AvgIpc) is 1.98. The van der Waals surface area contributed by atoms with E-state index in [1.807, 2.05) is 26.0 Å². The van der Waals surface area contributed by atoms with Crippen LogP contribution in [0, 0.1) is 13.8 Å². The summed E-state index contributed by atoms with van der Waals surface area (Å²) in [4.78, 5) is 7.99. The highest BCUT2D eigenvalue weighted by atomic mass is 32.1. The van der Waals surface area contributed by atoms with E-state index in [0.29, 0.717) is 5.82 Å². The second-order valence-corrected chi connectivity index (χ2v) is 2.48.